The molecular formula is C58H100N4O38. The molecule has 0 bridgehead atoms. The summed E-state index contributed by atoms with van der Waals surface area (Å²) in [6.07, 6.45) is -68.8. The van der Waals surface area contributed by atoms with E-state index >= 15 is 0 Å². The summed E-state index contributed by atoms with van der Waals surface area (Å²) in [6, 6.07) is -3.52. The zero-order chi connectivity index (χ0) is 73.6. The van der Waals surface area contributed by atoms with Gasteiger partial charge in [0, 0.05) is 26.9 Å². The molecule has 42 nitrogen and oxygen atoms in total. The Hall–Kier alpha value is -3.03. The molecule has 0 aromatic heterocycles. The molecule has 100 heavy (non-hydrogen) atoms. The summed E-state index contributed by atoms with van der Waals surface area (Å²) in [5, 5.41) is 218. The molecule has 42 heteroatoms. The Kier molecular flexibility index (Phi) is 30.2. The third-order valence-electron chi connectivity index (χ3n) is 18.8. The monoisotopic (exact) mass is 1460 g/mol. The van der Waals surface area contributed by atoms with Crippen molar-refractivity contribution >= 4 is 17.7 Å². The van der Waals surface area contributed by atoms with Crippen LogP contribution in [0.2, 0.25) is 0 Å². The Morgan fingerprint density at radius 2 is 0.650 bits per heavy atom. The van der Waals surface area contributed by atoms with Crippen LogP contribution in [-0.4, -0.2) is 393 Å². The van der Waals surface area contributed by atoms with Crippen molar-refractivity contribution in [2.75, 3.05) is 33.0 Å². The van der Waals surface area contributed by atoms with Crippen LogP contribution < -0.4 is 21.9 Å². The van der Waals surface area contributed by atoms with Gasteiger partial charge in [0.15, 0.2) is 50.3 Å². The lowest BCUT2D eigenvalue weighted by atomic mass is 9.94. The average molecular weight is 1460 g/mol. The molecule has 8 aliphatic heterocycles. The molecule has 0 saturated carbocycles. The van der Waals surface area contributed by atoms with Crippen molar-refractivity contribution in [3.8, 4) is 0 Å². The lowest BCUT2D eigenvalue weighted by Crippen LogP contribution is -2.70. The minimum atomic E-state index is -2.25. The first-order chi connectivity index (χ1) is 47.3. The number of hydrogen-bond donors (Lipinski definition) is 23. The molecule has 0 aliphatic carbocycles. The minimum absolute atomic E-state index is 0.00416. The van der Waals surface area contributed by atoms with Crippen LogP contribution in [0.4, 0.5) is 0 Å². The number of carbonyl (C=O) groups is 3. The molecule has 8 saturated heterocycles. The lowest BCUT2D eigenvalue weighted by Gasteiger charge is -2.51. The number of rotatable bonds is 27. The maximum atomic E-state index is 13.0. The Balaban J connectivity index is 1.01. The molecular weight excluding hydrogens is 1360 g/mol. The van der Waals surface area contributed by atoms with Crippen molar-refractivity contribution < 1.29 is 187 Å². The Bertz CT molecular complexity index is 2550. The summed E-state index contributed by atoms with van der Waals surface area (Å²) in [5.41, 5.74) is 2.03. The standard InChI is InChI=1S/C58H100N4O38/c1-16-29(70)37(78)40(81)54(87-16)99-49-38(79)33(74)22(12-63)92-57(49)94-45-28(61-21(6)68)52(91-25(15-66)36(45)77)97-47-31(72)18(3)88-55(42(47)83)98-48-32(73)19(4)89-56(43(48)84)100-50-39(80)34(75)23(13-64)93-58(50)95-44-27(60-20(5)67)51(90-24(14-65)35(44)76)96-46-30(71)17(2)86-53(41(46)82)85-11-9-7-8-10-26(69)62-59/h16-19,22-25,27-58,63-66,70-84H,7-15,59H2,1-6H3,(H,60,67)(H,61,68)(H,62,69)/t16-,17-,18-,19-,22+,23+,24+,25+,27+,28+,29-,30-,31-,32-,33-,34-,35+,36+,37+,38-,39-,40+,41+,42+,43+,44+,45+,46+,47+,48+,49+,50+,51+,52+,53+,54-,55-,56-,57+,58+/m0/s1. The normalized spacial score (nSPS) is 48.8. The van der Waals surface area contributed by atoms with Gasteiger partial charge in [-0.3, -0.25) is 19.8 Å². The highest BCUT2D eigenvalue weighted by atomic mass is 16.8. The van der Waals surface area contributed by atoms with E-state index in [0.717, 1.165) is 13.8 Å². The predicted octanol–water partition coefficient (Wildman–Crippen LogP) is -13.5. The Morgan fingerprint density at radius 1 is 0.330 bits per heavy atom. The first-order valence-electron chi connectivity index (χ1n) is 32.9. The second kappa shape index (κ2) is 36.5. The Morgan fingerprint density at radius 3 is 1.03 bits per heavy atom. The van der Waals surface area contributed by atoms with Crippen LogP contribution in [0.5, 0.6) is 0 Å². The van der Waals surface area contributed by atoms with Crippen LogP contribution in [0.25, 0.3) is 0 Å². The predicted molar refractivity (Wildman–Crippen MR) is 316 cm³/mol. The van der Waals surface area contributed by atoms with E-state index in [2.05, 4.69) is 10.6 Å². The number of aliphatic hydroxyl groups is 19. The first kappa shape index (κ1) is 82.6. The van der Waals surface area contributed by atoms with E-state index in [1.165, 1.54) is 27.7 Å². The molecule has 8 fully saturated rings. The summed E-state index contributed by atoms with van der Waals surface area (Å²) in [7, 11) is 0. The fourth-order valence-electron chi connectivity index (χ4n) is 13.0. The molecule has 0 unspecified atom stereocenters. The van der Waals surface area contributed by atoms with Gasteiger partial charge >= 0.3 is 0 Å². The van der Waals surface area contributed by atoms with Crippen molar-refractivity contribution in [3.63, 3.8) is 0 Å². The van der Waals surface area contributed by atoms with Gasteiger partial charge in [-0.25, -0.2) is 5.84 Å². The number of carbonyl (C=O) groups excluding carboxylic acids is 3. The topological polar surface area (TPSA) is 645 Å². The number of unbranched alkanes of at least 4 members (excludes halogenated alkanes) is 2. The van der Waals surface area contributed by atoms with E-state index in [4.69, 9.17) is 81.6 Å². The average Bonchev–Trinajstić information content (AvgIpc) is 0.771. The van der Waals surface area contributed by atoms with Gasteiger partial charge in [0.05, 0.1) is 50.8 Å². The SMILES string of the molecule is CC(=O)N[C@H]1[C@@H](O[C@@H]2[C@@H](O)[C@H](C)O[C@@H](O[C@@H]3[C@@H](O)[C@H](C)O[C@@H](O[C@H]4[C@@H](O[C@H]5[C@H](O)[C@@H](CO)O[C@H](O[C@@H]6[C@@H](O)[C@H](C)O[C@@H](OCCCCCC(=O)NN)[C@@H]6O)[C@@H]5NC(C)=O)O[C@H](CO)[C@H](O)[C@@H]4O)[C@@H]3O)[C@@H]2O)O[C@H](CO)[C@@H](O)[C@@H]1O[C@H]1O[C@H](CO)[C@H](O)[C@H](O)[C@H]1O[C@@H]1O[C@@H](C)[C@H](O)[C@@H](O)[C@H]1O. The van der Waals surface area contributed by atoms with Crippen molar-refractivity contribution in [3.05, 3.63) is 0 Å². The van der Waals surface area contributed by atoms with Gasteiger partial charge in [0.25, 0.3) is 0 Å². The number of aliphatic hydroxyl groups excluding tert-OH is 19. The second-order valence-corrected chi connectivity index (χ2v) is 26.0. The molecule has 580 valence electrons. The van der Waals surface area contributed by atoms with Gasteiger partial charge in [-0.2, -0.15) is 0 Å². The third-order valence-corrected chi connectivity index (χ3v) is 18.8. The lowest BCUT2D eigenvalue weighted by molar-refractivity contribution is -0.398. The summed E-state index contributed by atoms with van der Waals surface area (Å²) in [5.74, 6) is 3.07. The van der Waals surface area contributed by atoms with E-state index in [1.54, 1.807) is 0 Å². The number of hydrazine groups is 1. The minimum Gasteiger partial charge on any atom is -0.394 e. The number of nitrogens with two attached hydrogens (primary N) is 1. The fraction of sp³-hybridized carbons (Fsp3) is 0.948. The van der Waals surface area contributed by atoms with E-state index in [-0.39, 0.29) is 18.9 Å². The van der Waals surface area contributed by atoms with Crippen LogP contribution >= 0.6 is 0 Å². The molecule has 40 atom stereocenters. The summed E-state index contributed by atoms with van der Waals surface area (Å²) >= 11 is 0. The highest BCUT2D eigenvalue weighted by Crippen LogP contribution is 2.40. The van der Waals surface area contributed by atoms with Crippen LogP contribution in [-0.2, 0) is 90.2 Å². The summed E-state index contributed by atoms with van der Waals surface area (Å²) < 4.78 is 95.1. The highest BCUT2D eigenvalue weighted by Gasteiger charge is 2.60. The van der Waals surface area contributed by atoms with E-state index in [0.29, 0.717) is 19.3 Å². The van der Waals surface area contributed by atoms with Crippen molar-refractivity contribution in [2.24, 2.45) is 5.84 Å². The number of amides is 3. The smallest absolute Gasteiger partial charge is 0.233 e. The van der Waals surface area contributed by atoms with E-state index in [9.17, 15) is 111 Å². The molecule has 8 heterocycles. The van der Waals surface area contributed by atoms with Gasteiger partial charge in [0.2, 0.25) is 17.7 Å². The van der Waals surface area contributed by atoms with E-state index < -0.39 is 284 Å². The summed E-state index contributed by atoms with van der Waals surface area (Å²) in [4.78, 5) is 37.6. The van der Waals surface area contributed by atoms with Crippen LogP contribution in [0.3, 0.4) is 0 Å². The zero-order valence-corrected chi connectivity index (χ0v) is 55.3. The largest absolute Gasteiger partial charge is 0.394 e. The number of hydrogen-bond acceptors (Lipinski definition) is 39. The molecule has 3 amide bonds. The molecule has 8 aliphatic rings. The van der Waals surface area contributed by atoms with Crippen molar-refractivity contribution in [1.82, 2.24) is 16.1 Å². The third kappa shape index (κ3) is 18.7. The fourth-order valence-corrected chi connectivity index (χ4v) is 13.0. The quantitative estimate of drug-likeness (QED) is 0.0157. The number of ether oxygens (including phenoxy) is 16. The number of nitrogens with one attached hydrogen (secondary N) is 3. The maximum absolute atomic E-state index is 13.0. The molecule has 8 rings (SSSR count). The van der Waals surface area contributed by atoms with E-state index in [1.807, 2.05) is 5.43 Å². The van der Waals surface area contributed by atoms with Crippen molar-refractivity contribution in [2.45, 2.75) is 313 Å². The maximum Gasteiger partial charge on any atom is 0.233 e. The Labute approximate surface area is 571 Å². The molecule has 0 spiro atoms. The van der Waals surface area contributed by atoms with Gasteiger partial charge in [-0.05, 0) is 40.5 Å². The van der Waals surface area contributed by atoms with Gasteiger partial charge < -0.3 is 183 Å². The zero-order valence-electron chi connectivity index (χ0n) is 55.3. The van der Waals surface area contributed by atoms with Gasteiger partial charge in [-0.15, -0.1) is 0 Å². The molecule has 0 aromatic rings. The van der Waals surface area contributed by atoms with Crippen LogP contribution in [0.15, 0.2) is 0 Å². The first-order valence-corrected chi connectivity index (χ1v) is 32.9. The van der Waals surface area contributed by atoms with Gasteiger partial charge in [-0.1, -0.05) is 6.42 Å². The van der Waals surface area contributed by atoms with Crippen LogP contribution in [0.1, 0.15) is 67.2 Å². The second-order valence-electron chi connectivity index (χ2n) is 26.0. The molecule has 0 aromatic carbocycles. The molecule has 0 radical (unpaired) electrons. The van der Waals surface area contributed by atoms with Crippen LogP contribution in [0, 0.1) is 0 Å². The van der Waals surface area contributed by atoms with Gasteiger partial charge in [0.1, 0.15) is 171 Å². The highest BCUT2D eigenvalue weighted by molar-refractivity contribution is 5.75. The van der Waals surface area contributed by atoms with Crippen molar-refractivity contribution in [1.29, 1.82) is 0 Å². The summed E-state index contributed by atoms with van der Waals surface area (Å²) in [6.45, 7) is 3.33. The molecule has 24 N–H and O–H groups in total.